The molecule has 0 unspecified atom stereocenters. The van der Waals surface area contributed by atoms with Gasteiger partial charge in [0.05, 0.1) is 19.0 Å². The molecule has 0 saturated heterocycles. The van der Waals surface area contributed by atoms with Crippen LogP contribution in [0.5, 0.6) is 5.75 Å². The summed E-state index contributed by atoms with van der Waals surface area (Å²) in [6, 6.07) is 7.25. The normalized spacial score (nSPS) is 10.6. The summed E-state index contributed by atoms with van der Waals surface area (Å²) in [5.74, 6) is -1.18. The first-order valence-corrected chi connectivity index (χ1v) is 7.72. The van der Waals surface area contributed by atoms with E-state index in [1.165, 1.54) is 24.7 Å². The number of hydrazone groups is 1. The van der Waals surface area contributed by atoms with Crippen LogP contribution < -0.4 is 15.5 Å². The number of nitrogens with zero attached hydrogens (tertiary/aromatic N) is 1. The highest BCUT2D eigenvalue weighted by Crippen LogP contribution is 2.24. The van der Waals surface area contributed by atoms with Crippen molar-refractivity contribution in [2.75, 3.05) is 12.4 Å². The SMILES string of the molecule is COc1ccc(C)cc1NC(=O)C(=O)N/N=C\c1sccc1C. The minimum absolute atomic E-state index is 0.436. The molecule has 2 aromatic rings. The van der Waals surface area contributed by atoms with Gasteiger partial charge < -0.3 is 10.1 Å². The molecule has 0 aliphatic heterocycles. The smallest absolute Gasteiger partial charge is 0.329 e. The summed E-state index contributed by atoms with van der Waals surface area (Å²) in [4.78, 5) is 24.6. The van der Waals surface area contributed by atoms with Crippen LogP contribution in [0.2, 0.25) is 0 Å². The van der Waals surface area contributed by atoms with Crippen molar-refractivity contribution in [1.29, 1.82) is 0 Å². The fourth-order valence-corrected chi connectivity index (χ4v) is 2.60. The fourth-order valence-electron chi connectivity index (χ4n) is 1.82. The number of nitrogens with one attached hydrogen (secondary N) is 2. The van der Waals surface area contributed by atoms with E-state index in [9.17, 15) is 9.59 Å². The molecular weight excluding hydrogens is 314 g/mol. The largest absolute Gasteiger partial charge is 0.495 e. The molecule has 0 saturated carbocycles. The quantitative estimate of drug-likeness (QED) is 0.513. The van der Waals surface area contributed by atoms with Crippen molar-refractivity contribution in [2.45, 2.75) is 13.8 Å². The number of amides is 2. The maximum atomic E-state index is 11.9. The molecule has 0 aliphatic rings. The lowest BCUT2D eigenvalue weighted by molar-refractivity contribution is -0.136. The molecule has 1 aromatic carbocycles. The molecule has 7 heteroatoms. The Kier molecular flexibility index (Phi) is 5.48. The summed E-state index contributed by atoms with van der Waals surface area (Å²) >= 11 is 1.50. The maximum absolute atomic E-state index is 11.9. The van der Waals surface area contributed by atoms with Crippen LogP contribution in [0.15, 0.2) is 34.7 Å². The Morgan fingerprint density at radius 2 is 2.00 bits per heavy atom. The zero-order valence-corrected chi connectivity index (χ0v) is 13.9. The molecule has 0 radical (unpaired) electrons. The lowest BCUT2D eigenvalue weighted by Crippen LogP contribution is -2.32. The molecule has 0 spiro atoms. The van der Waals surface area contributed by atoms with Crippen LogP contribution in [0.1, 0.15) is 16.0 Å². The van der Waals surface area contributed by atoms with Gasteiger partial charge in [-0.15, -0.1) is 11.3 Å². The van der Waals surface area contributed by atoms with E-state index in [1.807, 2.05) is 31.4 Å². The highest BCUT2D eigenvalue weighted by Gasteiger charge is 2.15. The van der Waals surface area contributed by atoms with Gasteiger partial charge in [0.2, 0.25) is 0 Å². The minimum Gasteiger partial charge on any atom is -0.495 e. The van der Waals surface area contributed by atoms with Crippen LogP contribution in [0.25, 0.3) is 0 Å². The van der Waals surface area contributed by atoms with E-state index in [-0.39, 0.29) is 0 Å². The number of carbonyl (C=O) groups is 2. The van der Waals surface area contributed by atoms with Crippen LogP contribution in [-0.4, -0.2) is 25.1 Å². The van der Waals surface area contributed by atoms with E-state index in [4.69, 9.17) is 4.74 Å². The van der Waals surface area contributed by atoms with Crippen molar-refractivity contribution in [3.05, 3.63) is 45.6 Å². The van der Waals surface area contributed by atoms with Crippen LogP contribution in [0.3, 0.4) is 0 Å². The summed E-state index contributed by atoms with van der Waals surface area (Å²) in [5, 5.41) is 8.23. The predicted molar refractivity (Wildman–Crippen MR) is 91.2 cm³/mol. The fraction of sp³-hybridized carbons (Fsp3) is 0.188. The van der Waals surface area contributed by atoms with Gasteiger partial charge in [0.25, 0.3) is 0 Å². The molecule has 1 aromatic heterocycles. The van der Waals surface area contributed by atoms with Crippen molar-refractivity contribution in [2.24, 2.45) is 5.10 Å². The standard InChI is InChI=1S/C16H17N3O3S/c1-10-4-5-13(22-3)12(8-10)18-15(20)16(21)19-17-9-14-11(2)6-7-23-14/h4-9H,1-3H3,(H,18,20)(H,19,21)/b17-9-. The summed E-state index contributed by atoms with van der Waals surface area (Å²) in [5.41, 5.74) is 4.64. The molecule has 6 nitrogen and oxygen atoms in total. The lowest BCUT2D eigenvalue weighted by Gasteiger charge is -2.10. The Bertz CT molecular complexity index is 753. The zero-order chi connectivity index (χ0) is 16.8. The van der Waals surface area contributed by atoms with Gasteiger partial charge in [-0.05, 0) is 48.6 Å². The Hall–Kier alpha value is -2.67. The number of rotatable bonds is 4. The average Bonchev–Trinajstić information content (AvgIpc) is 2.92. The number of hydrogen-bond donors (Lipinski definition) is 2. The minimum atomic E-state index is -0.848. The van der Waals surface area contributed by atoms with Crippen molar-refractivity contribution in [1.82, 2.24) is 5.43 Å². The highest BCUT2D eigenvalue weighted by atomic mass is 32.1. The molecule has 23 heavy (non-hydrogen) atoms. The van der Waals surface area contributed by atoms with Gasteiger partial charge >= 0.3 is 11.8 Å². The van der Waals surface area contributed by atoms with E-state index in [1.54, 1.807) is 12.1 Å². The maximum Gasteiger partial charge on any atom is 0.329 e. The topological polar surface area (TPSA) is 79.8 Å². The molecule has 0 atom stereocenters. The Balaban J connectivity index is 1.98. The third-order valence-corrected chi connectivity index (χ3v) is 4.01. The van der Waals surface area contributed by atoms with Crippen LogP contribution in [-0.2, 0) is 9.59 Å². The number of hydrogen-bond acceptors (Lipinski definition) is 5. The van der Waals surface area contributed by atoms with E-state index in [0.717, 1.165) is 16.0 Å². The summed E-state index contributed by atoms with van der Waals surface area (Å²) in [6.45, 7) is 3.82. The van der Waals surface area contributed by atoms with Gasteiger partial charge in [0, 0.05) is 4.88 Å². The molecule has 2 N–H and O–H groups in total. The number of carbonyl (C=O) groups excluding carboxylic acids is 2. The molecule has 0 bridgehead atoms. The second kappa shape index (κ2) is 7.55. The molecular formula is C16H17N3O3S. The van der Waals surface area contributed by atoms with E-state index >= 15 is 0 Å². The second-order valence-corrected chi connectivity index (χ2v) is 5.77. The lowest BCUT2D eigenvalue weighted by atomic mass is 10.2. The molecule has 0 aliphatic carbocycles. The van der Waals surface area contributed by atoms with Crippen LogP contribution in [0, 0.1) is 13.8 Å². The number of thiophene rings is 1. The first-order valence-electron chi connectivity index (χ1n) is 6.84. The van der Waals surface area contributed by atoms with E-state index < -0.39 is 11.8 Å². The van der Waals surface area contributed by atoms with Crippen molar-refractivity contribution in [3.63, 3.8) is 0 Å². The average molecular weight is 331 g/mol. The van der Waals surface area contributed by atoms with Gasteiger partial charge in [-0.1, -0.05) is 6.07 Å². The van der Waals surface area contributed by atoms with Crippen LogP contribution >= 0.6 is 11.3 Å². The zero-order valence-electron chi connectivity index (χ0n) is 13.0. The summed E-state index contributed by atoms with van der Waals surface area (Å²) < 4.78 is 5.15. The van der Waals surface area contributed by atoms with Gasteiger partial charge in [-0.2, -0.15) is 5.10 Å². The molecule has 0 fully saturated rings. The molecule has 120 valence electrons. The Morgan fingerprint density at radius 1 is 1.22 bits per heavy atom. The van der Waals surface area contributed by atoms with E-state index in [2.05, 4.69) is 15.8 Å². The summed E-state index contributed by atoms with van der Waals surface area (Å²) in [7, 11) is 1.49. The Morgan fingerprint density at radius 3 is 2.65 bits per heavy atom. The number of ether oxygens (including phenoxy) is 1. The third-order valence-electron chi connectivity index (χ3n) is 3.06. The number of aryl methyl sites for hydroxylation is 2. The van der Waals surface area contributed by atoms with Crippen LogP contribution in [0.4, 0.5) is 5.69 Å². The number of methoxy groups -OCH3 is 1. The van der Waals surface area contributed by atoms with Gasteiger partial charge in [0.1, 0.15) is 5.75 Å². The Labute approximate surface area is 138 Å². The first-order chi connectivity index (χ1) is 11.0. The van der Waals surface area contributed by atoms with Crippen molar-refractivity contribution >= 4 is 35.1 Å². The molecule has 2 rings (SSSR count). The molecule has 2 amide bonds. The van der Waals surface area contributed by atoms with E-state index in [0.29, 0.717) is 11.4 Å². The monoisotopic (exact) mass is 331 g/mol. The highest BCUT2D eigenvalue weighted by molar-refractivity contribution is 7.11. The number of benzene rings is 1. The second-order valence-electron chi connectivity index (χ2n) is 4.82. The predicted octanol–water partition coefficient (Wildman–Crippen LogP) is 2.46. The molecule has 1 heterocycles. The third kappa shape index (κ3) is 4.40. The van der Waals surface area contributed by atoms with Crippen molar-refractivity contribution < 1.29 is 14.3 Å². The summed E-state index contributed by atoms with van der Waals surface area (Å²) in [6.07, 6.45) is 1.51. The van der Waals surface area contributed by atoms with Gasteiger partial charge in [-0.25, -0.2) is 5.43 Å². The van der Waals surface area contributed by atoms with Gasteiger partial charge in [-0.3, -0.25) is 9.59 Å². The number of anilines is 1. The van der Waals surface area contributed by atoms with Gasteiger partial charge in [0.15, 0.2) is 0 Å². The first kappa shape index (κ1) is 16.7. The van der Waals surface area contributed by atoms with Crippen molar-refractivity contribution in [3.8, 4) is 5.75 Å².